The van der Waals surface area contributed by atoms with Gasteiger partial charge in [0.15, 0.2) is 5.96 Å². The summed E-state index contributed by atoms with van der Waals surface area (Å²) >= 11 is 0. The van der Waals surface area contributed by atoms with Crippen molar-refractivity contribution < 1.29 is 9.13 Å². The molecule has 2 atom stereocenters. The Morgan fingerprint density at radius 1 is 1.41 bits per heavy atom. The average Bonchev–Trinajstić information content (AvgIpc) is 3.30. The van der Waals surface area contributed by atoms with E-state index in [1.54, 1.807) is 19.2 Å². The van der Waals surface area contributed by atoms with Gasteiger partial charge in [0.25, 0.3) is 0 Å². The molecule has 2 aromatic rings. The third kappa shape index (κ3) is 4.25. The SMILES string of the molecule is CN=C(NCCc1c[nH]c2ccc(F)cc12)NCC1CN2CCCC2CO1. The van der Waals surface area contributed by atoms with Crippen LogP contribution in [0.5, 0.6) is 0 Å². The van der Waals surface area contributed by atoms with E-state index in [0.717, 1.165) is 55.1 Å². The van der Waals surface area contributed by atoms with E-state index in [0.29, 0.717) is 6.04 Å². The topological polar surface area (TPSA) is 64.7 Å². The van der Waals surface area contributed by atoms with E-state index in [1.165, 1.54) is 25.5 Å². The van der Waals surface area contributed by atoms with Gasteiger partial charge < -0.3 is 20.4 Å². The summed E-state index contributed by atoms with van der Waals surface area (Å²) in [4.78, 5) is 10.0. The largest absolute Gasteiger partial charge is 0.373 e. The number of hydrogen-bond acceptors (Lipinski definition) is 3. The van der Waals surface area contributed by atoms with Gasteiger partial charge in [-0.2, -0.15) is 0 Å². The molecule has 7 heteroatoms. The van der Waals surface area contributed by atoms with Gasteiger partial charge in [0, 0.05) is 49.8 Å². The fraction of sp³-hybridized carbons (Fsp3) is 0.550. The van der Waals surface area contributed by atoms with Crippen LogP contribution < -0.4 is 10.6 Å². The van der Waals surface area contributed by atoms with Crippen LogP contribution in [0, 0.1) is 5.82 Å². The normalized spacial score (nSPS) is 23.6. The molecule has 1 aromatic heterocycles. The van der Waals surface area contributed by atoms with Gasteiger partial charge in [0.2, 0.25) is 0 Å². The minimum absolute atomic E-state index is 0.203. The molecule has 0 saturated carbocycles. The van der Waals surface area contributed by atoms with E-state index in [4.69, 9.17) is 4.74 Å². The van der Waals surface area contributed by atoms with Crippen molar-refractivity contribution in [2.45, 2.75) is 31.4 Å². The Balaban J connectivity index is 1.24. The first kappa shape index (κ1) is 18.3. The van der Waals surface area contributed by atoms with Gasteiger partial charge in [-0.15, -0.1) is 0 Å². The van der Waals surface area contributed by atoms with Crippen molar-refractivity contribution in [3.63, 3.8) is 0 Å². The number of morpholine rings is 1. The van der Waals surface area contributed by atoms with Gasteiger partial charge in [-0.25, -0.2) is 4.39 Å². The first-order valence-corrected chi connectivity index (χ1v) is 9.78. The third-order valence-corrected chi connectivity index (χ3v) is 5.60. The summed E-state index contributed by atoms with van der Waals surface area (Å²) in [6, 6.07) is 5.46. The maximum Gasteiger partial charge on any atom is 0.191 e. The number of hydrogen-bond donors (Lipinski definition) is 3. The van der Waals surface area contributed by atoms with Crippen LogP contribution >= 0.6 is 0 Å². The molecule has 0 bridgehead atoms. The molecule has 2 aliphatic heterocycles. The first-order valence-electron chi connectivity index (χ1n) is 9.78. The Morgan fingerprint density at radius 2 is 2.33 bits per heavy atom. The maximum absolute atomic E-state index is 13.5. The Hall–Kier alpha value is -2.12. The van der Waals surface area contributed by atoms with Crippen molar-refractivity contribution in [3.05, 3.63) is 35.8 Å². The molecule has 2 saturated heterocycles. The summed E-state index contributed by atoms with van der Waals surface area (Å²) in [5.74, 6) is 0.565. The minimum Gasteiger partial charge on any atom is -0.373 e. The monoisotopic (exact) mass is 373 g/mol. The second-order valence-corrected chi connectivity index (χ2v) is 7.38. The highest BCUT2D eigenvalue weighted by Crippen LogP contribution is 2.22. The van der Waals surface area contributed by atoms with Crippen molar-refractivity contribution in [2.75, 3.05) is 39.8 Å². The number of ether oxygens (including phenoxy) is 1. The van der Waals surface area contributed by atoms with Crippen molar-refractivity contribution in [3.8, 4) is 0 Å². The lowest BCUT2D eigenvalue weighted by atomic mass is 10.1. The Kier molecular flexibility index (Phi) is 5.59. The molecule has 1 aromatic carbocycles. The van der Waals surface area contributed by atoms with E-state index in [9.17, 15) is 4.39 Å². The molecule has 0 amide bonds. The lowest BCUT2D eigenvalue weighted by molar-refractivity contribution is -0.0453. The summed E-state index contributed by atoms with van der Waals surface area (Å²) in [5, 5.41) is 7.64. The number of fused-ring (bicyclic) bond motifs is 2. The fourth-order valence-electron chi connectivity index (χ4n) is 4.11. The molecule has 3 N–H and O–H groups in total. The highest BCUT2D eigenvalue weighted by atomic mass is 19.1. The van der Waals surface area contributed by atoms with Gasteiger partial charge in [0.05, 0.1) is 12.7 Å². The number of nitrogens with zero attached hydrogens (tertiary/aromatic N) is 2. The number of halogens is 1. The zero-order valence-corrected chi connectivity index (χ0v) is 15.8. The quantitative estimate of drug-likeness (QED) is 0.553. The van der Waals surface area contributed by atoms with Gasteiger partial charge in [0.1, 0.15) is 5.82 Å². The van der Waals surface area contributed by atoms with Crippen molar-refractivity contribution in [2.24, 2.45) is 4.99 Å². The maximum atomic E-state index is 13.5. The van der Waals surface area contributed by atoms with E-state index >= 15 is 0 Å². The van der Waals surface area contributed by atoms with Crippen LogP contribution in [0.3, 0.4) is 0 Å². The summed E-state index contributed by atoms with van der Waals surface area (Å²) < 4.78 is 19.5. The van der Waals surface area contributed by atoms with Crippen molar-refractivity contribution >= 4 is 16.9 Å². The number of rotatable bonds is 5. The number of nitrogens with one attached hydrogen (secondary N) is 3. The van der Waals surface area contributed by atoms with E-state index in [2.05, 4.69) is 25.5 Å². The summed E-state index contributed by atoms with van der Waals surface area (Å²) in [7, 11) is 1.77. The Bertz CT molecular complexity index is 805. The van der Waals surface area contributed by atoms with Crippen LogP contribution in [0.15, 0.2) is 29.4 Å². The molecule has 6 nitrogen and oxygen atoms in total. The number of aromatic nitrogens is 1. The number of benzene rings is 1. The zero-order valence-electron chi connectivity index (χ0n) is 15.8. The van der Waals surface area contributed by atoms with Crippen LogP contribution in [0.1, 0.15) is 18.4 Å². The number of aliphatic imine (C=N–C) groups is 1. The Morgan fingerprint density at radius 3 is 3.22 bits per heavy atom. The lowest BCUT2D eigenvalue weighted by Gasteiger charge is -2.35. The lowest BCUT2D eigenvalue weighted by Crippen LogP contribution is -2.51. The standard InChI is InChI=1S/C20H28FN5O/c1-22-20(25-11-17-12-26-8-2-3-16(26)13-27-17)23-7-6-14-10-24-19-5-4-15(21)9-18(14)19/h4-5,9-10,16-17,24H,2-3,6-8,11-13H2,1H3,(H2,22,23,25). The van der Waals surface area contributed by atoms with Crippen LogP contribution in [0.25, 0.3) is 10.9 Å². The van der Waals surface area contributed by atoms with E-state index < -0.39 is 0 Å². The molecule has 4 rings (SSSR count). The summed E-state index contributed by atoms with van der Waals surface area (Å²) in [6.07, 6.45) is 5.49. The molecular formula is C20H28FN5O. The van der Waals surface area contributed by atoms with Gasteiger partial charge in [-0.3, -0.25) is 9.89 Å². The number of aromatic amines is 1. The first-order chi connectivity index (χ1) is 13.2. The minimum atomic E-state index is -0.207. The molecule has 0 radical (unpaired) electrons. The molecule has 146 valence electrons. The molecular weight excluding hydrogens is 345 g/mol. The molecule has 0 aliphatic carbocycles. The predicted octanol–water partition coefficient (Wildman–Crippen LogP) is 1.88. The molecule has 2 fully saturated rings. The third-order valence-electron chi connectivity index (χ3n) is 5.60. The van der Waals surface area contributed by atoms with E-state index in [1.807, 2.05) is 6.20 Å². The highest BCUT2D eigenvalue weighted by molar-refractivity contribution is 5.83. The molecule has 2 unspecified atom stereocenters. The zero-order chi connectivity index (χ0) is 18.6. The summed E-state index contributed by atoms with van der Waals surface area (Å²) in [6.45, 7) is 4.51. The van der Waals surface area contributed by atoms with Crippen LogP contribution in [0.4, 0.5) is 4.39 Å². The van der Waals surface area contributed by atoms with Crippen LogP contribution in [0.2, 0.25) is 0 Å². The highest BCUT2D eigenvalue weighted by Gasteiger charge is 2.32. The van der Waals surface area contributed by atoms with Gasteiger partial charge in [-0.05, 0) is 49.6 Å². The molecule has 2 aliphatic rings. The van der Waals surface area contributed by atoms with Crippen molar-refractivity contribution in [1.29, 1.82) is 0 Å². The second-order valence-electron chi connectivity index (χ2n) is 7.38. The molecule has 3 heterocycles. The number of guanidine groups is 1. The van der Waals surface area contributed by atoms with Gasteiger partial charge >= 0.3 is 0 Å². The fourth-order valence-corrected chi connectivity index (χ4v) is 4.11. The molecule has 0 spiro atoms. The predicted molar refractivity (Wildman–Crippen MR) is 106 cm³/mol. The Labute approximate surface area is 159 Å². The van der Waals surface area contributed by atoms with Gasteiger partial charge in [-0.1, -0.05) is 0 Å². The summed E-state index contributed by atoms with van der Waals surface area (Å²) in [5.41, 5.74) is 2.06. The van der Waals surface area contributed by atoms with Crippen LogP contribution in [-0.2, 0) is 11.2 Å². The van der Waals surface area contributed by atoms with Crippen LogP contribution in [-0.4, -0.2) is 67.8 Å². The second kappa shape index (κ2) is 8.27. The van der Waals surface area contributed by atoms with E-state index in [-0.39, 0.29) is 11.9 Å². The van der Waals surface area contributed by atoms with Crippen molar-refractivity contribution in [1.82, 2.24) is 20.5 Å². The average molecular weight is 373 g/mol. The smallest absolute Gasteiger partial charge is 0.191 e. The molecule has 27 heavy (non-hydrogen) atoms. The number of H-pyrrole nitrogens is 1.